The van der Waals surface area contributed by atoms with E-state index in [4.69, 9.17) is 0 Å². The molecule has 82 valence electrons. The number of hydrogen-bond donors (Lipinski definition) is 2. The van der Waals surface area contributed by atoms with E-state index in [1.807, 2.05) is 0 Å². The van der Waals surface area contributed by atoms with Gasteiger partial charge in [0.2, 0.25) is 0 Å². The molecule has 0 saturated carbocycles. The maximum atomic E-state index is 13.1. The van der Waals surface area contributed by atoms with Crippen LogP contribution in [-0.2, 0) is 0 Å². The van der Waals surface area contributed by atoms with E-state index in [9.17, 15) is 17.6 Å². The highest BCUT2D eigenvalue weighted by Gasteiger charge is 2.24. The zero-order valence-electron chi connectivity index (χ0n) is 7.58. The molecule has 0 spiro atoms. The molecular weight excluding hydrogens is 212 g/mol. The van der Waals surface area contributed by atoms with Gasteiger partial charge in [-0.1, -0.05) is 0 Å². The first-order chi connectivity index (χ1) is 7.09. The second-order valence-electron chi connectivity index (χ2n) is 3.34. The molecule has 0 atom stereocenters. The van der Waals surface area contributed by atoms with Crippen LogP contribution in [0.15, 0.2) is 6.07 Å². The van der Waals surface area contributed by atoms with Gasteiger partial charge >= 0.3 is 0 Å². The van der Waals surface area contributed by atoms with E-state index < -0.39 is 29.0 Å². The van der Waals surface area contributed by atoms with Gasteiger partial charge in [-0.3, -0.25) is 0 Å². The summed E-state index contributed by atoms with van der Waals surface area (Å²) >= 11 is 0. The summed E-state index contributed by atoms with van der Waals surface area (Å²) in [5, 5.41) is 5.26. The Morgan fingerprint density at radius 1 is 1.07 bits per heavy atom. The minimum atomic E-state index is -1.40. The molecule has 0 aromatic heterocycles. The molecule has 1 aliphatic heterocycles. The Bertz CT molecular complexity index is 364. The molecule has 1 heterocycles. The monoisotopic (exact) mass is 220 g/mol. The van der Waals surface area contributed by atoms with Crippen molar-refractivity contribution in [2.24, 2.45) is 0 Å². The van der Waals surface area contributed by atoms with Gasteiger partial charge in [-0.15, -0.1) is 0 Å². The first-order valence-electron chi connectivity index (χ1n) is 4.40. The molecule has 1 aromatic rings. The van der Waals surface area contributed by atoms with Crippen molar-refractivity contribution in [2.75, 3.05) is 18.4 Å². The number of rotatable bonds is 2. The summed E-state index contributed by atoms with van der Waals surface area (Å²) < 4.78 is 51.7. The van der Waals surface area contributed by atoms with Gasteiger partial charge in [0.15, 0.2) is 23.3 Å². The fourth-order valence-electron chi connectivity index (χ4n) is 1.29. The molecule has 1 aromatic carbocycles. The van der Waals surface area contributed by atoms with Crippen molar-refractivity contribution in [3.63, 3.8) is 0 Å². The zero-order chi connectivity index (χ0) is 11.0. The van der Waals surface area contributed by atoms with Crippen molar-refractivity contribution in [3.8, 4) is 0 Å². The van der Waals surface area contributed by atoms with Crippen LogP contribution in [0.2, 0.25) is 0 Å². The second kappa shape index (κ2) is 3.69. The summed E-state index contributed by atoms with van der Waals surface area (Å²) in [6.45, 7) is 1.02. The van der Waals surface area contributed by atoms with Gasteiger partial charge < -0.3 is 10.6 Å². The average Bonchev–Trinajstić information content (AvgIpc) is 2.12. The average molecular weight is 220 g/mol. The first kappa shape index (κ1) is 10.2. The van der Waals surface area contributed by atoms with Gasteiger partial charge in [-0.2, -0.15) is 0 Å². The van der Waals surface area contributed by atoms with Crippen LogP contribution >= 0.6 is 0 Å². The molecule has 15 heavy (non-hydrogen) atoms. The lowest BCUT2D eigenvalue weighted by Crippen LogP contribution is -2.51. The Morgan fingerprint density at radius 3 is 2.00 bits per heavy atom. The number of anilines is 1. The van der Waals surface area contributed by atoms with E-state index >= 15 is 0 Å². The van der Waals surface area contributed by atoms with Crippen LogP contribution in [-0.4, -0.2) is 19.1 Å². The Morgan fingerprint density at radius 2 is 1.60 bits per heavy atom. The lowest BCUT2D eigenvalue weighted by molar-refractivity contribution is 0.439. The zero-order valence-corrected chi connectivity index (χ0v) is 7.58. The number of benzene rings is 1. The van der Waals surface area contributed by atoms with E-state index in [0.717, 1.165) is 0 Å². The van der Waals surface area contributed by atoms with Gasteiger partial charge in [0.1, 0.15) is 5.69 Å². The van der Waals surface area contributed by atoms with Crippen molar-refractivity contribution >= 4 is 5.69 Å². The highest BCUT2D eigenvalue weighted by molar-refractivity contribution is 5.48. The fraction of sp³-hybridized carbons (Fsp3) is 0.333. The molecule has 2 N–H and O–H groups in total. The van der Waals surface area contributed by atoms with Gasteiger partial charge in [0, 0.05) is 19.2 Å². The van der Waals surface area contributed by atoms with Crippen LogP contribution in [0.25, 0.3) is 0 Å². The smallest absolute Gasteiger partial charge is 0.185 e. The van der Waals surface area contributed by atoms with Crippen LogP contribution in [0, 0.1) is 23.3 Å². The van der Waals surface area contributed by atoms with Crippen molar-refractivity contribution in [1.82, 2.24) is 5.32 Å². The topological polar surface area (TPSA) is 24.1 Å². The molecule has 0 unspecified atom stereocenters. The molecule has 2 nitrogen and oxygen atoms in total. The standard InChI is InChI=1S/C9H8F4N2/c10-5-1-6(11)8(13)9(7(5)12)15-4-2-14-3-4/h1,4,14-15H,2-3H2. The van der Waals surface area contributed by atoms with E-state index in [0.29, 0.717) is 13.1 Å². The van der Waals surface area contributed by atoms with Gasteiger partial charge in [0.25, 0.3) is 0 Å². The second-order valence-corrected chi connectivity index (χ2v) is 3.34. The van der Waals surface area contributed by atoms with Gasteiger partial charge in [-0.25, -0.2) is 17.6 Å². The van der Waals surface area contributed by atoms with Crippen LogP contribution in [0.4, 0.5) is 23.2 Å². The van der Waals surface area contributed by atoms with E-state index in [1.165, 1.54) is 0 Å². The molecule has 1 aliphatic rings. The quantitative estimate of drug-likeness (QED) is 0.584. The molecule has 2 rings (SSSR count). The van der Waals surface area contributed by atoms with E-state index in [1.54, 1.807) is 0 Å². The minimum Gasteiger partial charge on any atom is -0.375 e. The predicted octanol–water partition coefficient (Wildman–Crippen LogP) is 1.63. The highest BCUT2D eigenvalue weighted by Crippen LogP contribution is 2.25. The Labute approximate surface area is 83.3 Å². The molecule has 1 fully saturated rings. The maximum Gasteiger partial charge on any atom is 0.185 e. The summed E-state index contributed by atoms with van der Waals surface area (Å²) in [5.74, 6) is -5.58. The predicted molar refractivity (Wildman–Crippen MR) is 46.6 cm³/mol. The van der Waals surface area contributed by atoms with Crippen molar-refractivity contribution in [1.29, 1.82) is 0 Å². The fourth-order valence-corrected chi connectivity index (χ4v) is 1.29. The van der Waals surface area contributed by atoms with E-state index in [2.05, 4.69) is 10.6 Å². The van der Waals surface area contributed by atoms with Crippen LogP contribution in [0.3, 0.4) is 0 Å². The summed E-state index contributed by atoms with van der Waals surface area (Å²) in [4.78, 5) is 0. The van der Waals surface area contributed by atoms with Crippen LogP contribution in [0.5, 0.6) is 0 Å². The first-order valence-corrected chi connectivity index (χ1v) is 4.40. The Balaban J connectivity index is 2.34. The Hall–Kier alpha value is -1.30. The van der Waals surface area contributed by atoms with Crippen molar-refractivity contribution < 1.29 is 17.6 Å². The molecule has 0 radical (unpaired) electrons. The maximum absolute atomic E-state index is 13.1. The molecule has 6 heteroatoms. The number of hydrogen-bond acceptors (Lipinski definition) is 2. The third kappa shape index (κ3) is 1.77. The number of halogens is 4. The van der Waals surface area contributed by atoms with Crippen molar-refractivity contribution in [3.05, 3.63) is 29.3 Å². The van der Waals surface area contributed by atoms with Crippen molar-refractivity contribution in [2.45, 2.75) is 6.04 Å². The molecule has 0 aliphatic carbocycles. The third-order valence-electron chi connectivity index (χ3n) is 2.24. The van der Waals surface area contributed by atoms with Gasteiger partial charge in [-0.05, 0) is 0 Å². The largest absolute Gasteiger partial charge is 0.375 e. The Kier molecular flexibility index (Phi) is 2.52. The molecular formula is C9H8F4N2. The summed E-state index contributed by atoms with van der Waals surface area (Å²) in [5.41, 5.74) is -0.737. The lowest BCUT2D eigenvalue weighted by atomic mass is 10.1. The van der Waals surface area contributed by atoms with Crippen LogP contribution in [0.1, 0.15) is 0 Å². The molecule has 0 amide bonds. The summed E-state index contributed by atoms with van der Waals surface area (Å²) in [7, 11) is 0. The summed E-state index contributed by atoms with van der Waals surface area (Å²) in [6.07, 6.45) is 0. The lowest BCUT2D eigenvalue weighted by Gasteiger charge is -2.29. The van der Waals surface area contributed by atoms with Crippen LogP contribution < -0.4 is 10.6 Å². The molecule has 0 bridgehead atoms. The highest BCUT2D eigenvalue weighted by atomic mass is 19.2. The van der Waals surface area contributed by atoms with E-state index in [-0.39, 0.29) is 12.1 Å². The summed E-state index contributed by atoms with van der Waals surface area (Å²) in [6, 6.07) is -0.00953. The minimum absolute atomic E-state index is 0.189. The normalized spacial score (nSPS) is 16.3. The third-order valence-corrected chi connectivity index (χ3v) is 2.24. The molecule has 1 saturated heterocycles. The SMILES string of the molecule is Fc1cc(F)c(F)c(NC2CNC2)c1F. The van der Waals surface area contributed by atoms with Gasteiger partial charge in [0.05, 0.1) is 6.04 Å². The number of nitrogens with one attached hydrogen (secondary N) is 2.